The van der Waals surface area contributed by atoms with Crippen LogP contribution in [0.15, 0.2) is 18.2 Å². The lowest BCUT2D eigenvalue weighted by Crippen LogP contribution is -2.15. The van der Waals surface area contributed by atoms with Gasteiger partial charge in [-0.15, -0.1) is 0 Å². The van der Waals surface area contributed by atoms with Gasteiger partial charge in [0.25, 0.3) is 0 Å². The molecule has 2 aromatic carbocycles. The second kappa shape index (κ2) is 10.8. The van der Waals surface area contributed by atoms with Crippen LogP contribution in [-0.4, -0.2) is 6.61 Å². The maximum absolute atomic E-state index is 15.0. The smallest absolute Gasteiger partial charge is 0.420 e. The summed E-state index contributed by atoms with van der Waals surface area (Å²) in [5.41, 5.74) is -1.08. The summed E-state index contributed by atoms with van der Waals surface area (Å²) in [6.07, 6.45) is 4.46. The van der Waals surface area contributed by atoms with E-state index >= 15 is 0 Å². The second-order valence-electron chi connectivity index (χ2n) is 9.11. The molecule has 0 N–H and O–H groups in total. The number of hydrogen-bond acceptors (Lipinski definition) is 1. The zero-order valence-electron chi connectivity index (χ0n) is 19.0. The highest BCUT2D eigenvalue weighted by molar-refractivity contribution is 5.89. The number of fused-ring (bicyclic) bond motifs is 1. The third-order valence-electron chi connectivity index (χ3n) is 6.75. The predicted octanol–water partition coefficient (Wildman–Crippen LogP) is 8.85. The van der Waals surface area contributed by atoms with Gasteiger partial charge in [-0.2, -0.15) is 13.2 Å². The molecule has 0 unspecified atom stereocenters. The molecule has 1 nitrogen and oxygen atoms in total. The van der Waals surface area contributed by atoms with E-state index in [0.717, 1.165) is 31.6 Å². The third-order valence-corrected chi connectivity index (χ3v) is 6.75. The molecule has 2 aromatic rings. The van der Waals surface area contributed by atoms with E-state index in [1.807, 2.05) is 6.92 Å². The zero-order valence-corrected chi connectivity index (χ0v) is 19.0. The Kier molecular flexibility index (Phi) is 8.40. The molecule has 1 fully saturated rings. The number of rotatable bonds is 9. The van der Waals surface area contributed by atoms with Gasteiger partial charge in [0.1, 0.15) is 11.3 Å². The minimum atomic E-state index is -4.85. The van der Waals surface area contributed by atoms with Gasteiger partial charge in [0.05, 0.1) is 6.61 Å². The number of benzene rings is 2. The first kappa shape index (κ1) is 24.8. The van der Waals surface area contributed by atoms with Gasteiger partial charge in [-0.1, -0.05) is 64.9 Å². The van der Waals surface area contributed by atoms with Crippen LogP contribution >= 0.6 is 0 Å². The van der Waals surface area contributed by atoms with Crippen LogP contribution in [0.3, 0.4) is 0 Å². The normalized spacial score (nSPS) is 19.5. The highest BCUT2D eigenvalue weighted by Gasteiger charge is 2.38. The Morgan fingerprint density at radius 3 is 2.16 bits per heavy atom. The molecule has 0 aliphatic heterocycles. The van der Waals surface area contributed by atoms with Crippen molar-refractivity contribution in [2.24, 2.45) is 11.8 Å². The fraction of sp³-hybridized carbons (Fsp3) is 0.615. The SMILES string of the molecule is CCCCOc1ccc2cc(CC[C@H]3CC[C@H](CCC)CC3)c(F)c(F)c2c1C(F)(F)F. The summed E-state index contributed by atoms with van der Waals surface area (Å²) in [5, 5.41) is -0.687. The van der Waals surface area contributed by atoms with E-state index < -0.39 is 34.5 Å². The van der Waals surface area contributed by atoms with Gasteiger partial charge in [-0.05, 0) is 54.2 Å². The molecule has 6 heteroatoms. The Labute approximate surface area is 187 Å². The Balaban J connectivity index is 1.85. The van der Waals surface area contributed by atoms with Crippen molar-refractivity contribution in [2.45, 2.75) is 84.2 Å². The molecule has 178 valence electrons. The molecule has 0 bridgehead atoms. The average molecular weight is 457 g/mol. The molecule has 0 amide bonds. The van der Waals surface area contributed by atoms with E-state index in [0.29, 0.717) is 18.8 Å². The van der Waals surface area contributed by atoms with Crippen molar-refractivity contribution in [1.29, 1.82) is 0 Å². The molecule has 0 heterocycles. The lowest BCUT2D eigenvalue weighted by Gasteiger charge is -2.28. The molecule has 3 rings (SSSR count). The van der Waals surface area contributed by atoms with Crippen LogP contribution in [0.25, 0.3) is 10.8 Å². The topological polar surface area (TPSA) is 9.23 Å². The summed E-state index contributed by atoms with van der Waals surface area (Å²) in [6.45, 7) is 4.17. The molecule has 1 aliphatic carbocycles. The predicted molar refractivity (Wildman–Crippen MR) is 118 cm³/mol. The Morgan fingerprint density at radius 1 is 0.906 bits per heavy atom. The fourth-order valence-electron chi connectivity index (χ4n) is 4.94. The Hall–Kier alpha value is -1.85. The third kappa shape index (κ3) is 5.74. The van der Waals surface area contributed by atoms with Crippen molar-refractivity contribution >= 4 is 10.8 Å². The lowest BCUT2D eigenvalue weighted by atomic mass is 9.78. The molecule has 0 aromatic heterocycles. The van der Waals surface area contributed by atoms with Gasteiger partial charge < -0.3 is 4.74 Å². The number of aryl methyl sites for hydroxylation is 1. The van der Waals surface area contributed by atoms with Gasteiger partial charge >= 0.3 is 6.18 Å². The Bertz CT molecular complexity index is 897. The number of alkyl halides is 3. The van der Waals surface area contributed by atoms with E-state index in [4.69, 9.17) is 4.74 Å². The van der Waals surface area contributed by atoms with E-state index in [1.165, 1.54) is 43.9 Å². The molecule has 0 saturated heterocycles. The van der Waals surface area contributed by atoms with Crippen LogP contribution in [0, 0.1) is 23.5 Å². The van der Waals surface area contributed by atoms with Crippen LogP contribution in [0.5, 0.6) is 5.75 Å². The number of hydrogen-bond donors (Lipinski definition) is 0. The maximum Gasteiger partial charge on any atom is 0.420 e. The monoisotopic (exact) mass is 456 g/mol. The minimum absolute atomic E-state index is 0.0562. The van der Waals surface area contributed by atoms with Crippen molar-refractivity contribution in [1.82, 2.24) is 0 Å². The molecule has 0 radical (unpaired) electrons. The summed E-state index contributed by atoms with van der Waals surface area (Å²) in [6, 6.07) is 3.99. The number of ether oxygens (including phenoxy) is 1. The van der Waals surface area contributed by atoms with Crippen LogP contribution in [0.4, 0.5) is 22.0 Å². The van der Waals surface area contributed by atoms with E-state index in [1.54, 1.807) is 0 Å². The van der Waals surface area contributed by atoms with Crippen molar-refractivity contribution in [3.63, 3.8) is 0 Å². The standard InChI is InChI=1S/C26H33F5O/c1-3-5-15-32-21-14-13-19-16-20(12-11-18-9-7-17(6-4-2)8-10-18)24(27)25(28)22(19)23(21)26(29,30)31/h13-14,16-18H,3-12,15H2,1-2H3/t17-,18-. The molecule has 32 heavy (non-hydrogen) atoms. The number of unbranched alkanes of at least 4 members (excludes halogenated alkanes) is 1. The van der Waals surface area contributed by atoms with E-state index in [-0.39, 0.29) is 17.6 Å². The van der Waals surface area contributed by atoms with E-state index in [2.05, 4.69) is 6.92 Å². The lowest BCUT2D eigenvalue weighted by molar-refractivity contribution is -0.137. The van der Waals surface area contributed by atoms with Gasteiger partial charge in [0, 0.05) is 5.39 Å². The van der Waals surface area contributed by atoms with Crippen LogP contribution in [0.1, 0.15) is 82.8 Å². The molecule has 1 saturated carbocycles. The van der Waals surface area contributed by atoms with E-state index in [9.17, 15) is 22.0 Å². The molecule has 1 aliphatic rings. The molecule has 0 spiro atoms. The highest BCUT2D eigenvalue weighted by atomic mass is 19.4. The Morgan fingerprint density at radius 2 is 1.56 bits per heavy atom. The van der Waals surface area contributed by atoms with Gasteiger partial charge in [0.15, 0.2) is 11.6 Å². The van der Waals surface area contributed by atoms with Gasteiger partial charge in [-0.25, -0.2) is 8.78 Å². The quantitative estimate of drug-likeness (QED) is 0.270. The minimum Gasteiger partial charge on any atom is -0.493 e. The molecular formula is C26H33F5O. The van der Waals surface area contributed by atoms with Crippen LogP contribution < -0.4 is 4.74 Å². The van der Waals surface area contributed by atoms with Gasteiger partial charge in [-0.3, -0.25) is 0 Å². The van der Waals surface area contributed by atoms with Gasteiger partial charge in [0.2, 0.25) is 0 Å². The highest BCUT2D eigenvalue weighted by Crippen LogP contribution is 2.43. The summed E-state index contributed by atoms with van der Waals surface area (Å²) >= 11 is 0. The molecule has 0 atom stereocenters. The molecular weight excluding hydrogens is 423 g/mol. The van der Waals surface area contributed by atoms with Crippen LogP contribution in [0.2, 0.25) is 0 Å². The summed E-state index contributed by atoms with van der Waals surface area (Å²) in [7, 11) is 0. The first-order valence-corrected chi connectivity index (χ1v) is 11.9. The van der Waals surface area contributed by atoms with Crippen molar-refractivity contribution in [2.75, 3.05) is 6.61 Å². The number of halogens is 5. The zero-order chi connectivity index (χ0) is 23.3. The van der Waals surface area contributed by atoms with Crippen molar-refractivity contribution in [3.05, 3.63) is 41.0 Å². The summed E-state index contributed by atoms with van der Waals surface area (Å²) < 4.78 is 76.6. The van der Waals surface area contributed by atoms with Crippen molar-refractivity contribution in [3.8, 4) is 5.75 Å². The van der Waals surface area contributed by atoms with Crippen LogP contribution in [-0.2, 0) is 12.6 Å². The fourth-order valence-corrected chi connectivity index (χ4v) is 4.94. The maximum atomic E-state index is 15.0. The average Bonchev–Trinajstić information content (AvgIpc) is 2.76. The van der Waals surface area contributed by atoms with Crippen molar-refractivity contribution < 1.29 is 26.7 Å². The largest absolute Gasteiger partial charge is 0.493 e. The first-order valence-electron chi connectivity index (χ1n) is 11.9. The first-order chi connectivity index (χ1) is 15.3. The summed E-state index contributed by atoms with van der Waals surface area (Å²) in [4.78, 5) is 0. The summed E-state index contributed by atoms with van der Waals surface area (Å²) in [5.74, 6) is -1.83. The second-order valence-corrected chi connectivity index (χ2v) is 9.11.